The number of hydrogen-bond donors (Lipinski definition) is 5. The number of unbranched alkanes of at least 4 members (excludes halogenated alkanes) is 45. The molecular formula is C63H123NO5. The number of rotatable bonds is 58. The van der Waals surface area contributed by atoms with Gasteiger partial charge in [-0.05, 0) is 51.4 Å². The van der Waals surface area contributed by atoms with E-state index in [0.717, 1.165) is 38.5 Å². The number of carbonyl (C=O) groups is 1. The van der Waals surface area contributed by atoms with Crippen LogP contribution in [-0.4, -0.2) is 57.3 Å². The second-order valence-electron chi connectivity index (χ2n) is 21.7. The van der Waals surface area contributed by atoms with Gasteiger partial charge in [-0.1, -0.05) is 314 Å². The Bertz CT molecular complexity index is 1050. The maximum Gasteiger partial charge on any atom is 0.249 e. The molecular weight excluding hydrogens is 851 g/mol. The molecule has 0 saturated heterocycles. The Morgan fingerprint density at radius 3 is 0.913 bits per heavy atom. The molecule has 69 heavy (non-hydrogen) atoms. The summed E-state index contributed by atoms with van der Waals surface area (Å²) < 4.78 is 0. The highest BCUT2D eigenvalue weighted by molar-refractivity contribution is 5.80. The smallest absolute Gasteiger partial charge is 0.249 e. The molecule has 0 radical (unpaired) electrons. The van der Waals surface area contributed by atoms with Crippen molar-refractivity contribution in [2.75, 3.05) is 6.61 Å². The fraction of sp³-hybridized carbons (Fsp3) is 0.921. The van der Waals surface area contributed by atoms with E-state index >= 15 is 0 Å². The molecule has 0 heterocycles. The number of aliphatic hydroxyl groups is 4. The lowest BCUT2D eigenvalue weighted by molar-refractivity contribution is -0.132. The fourth-order valence-corrected chi connectivity index (χ4v) is 10.0. The van der Waals surface area contributed by atoms with E-state index in [9.17, 15) is 25.2 Å². The molecule has 0 rings (SSSR count). The predicted octanol–water partition coefficient (Wildman–Crippen LogP) is 18.6. The number of carbonyl (C=O) groups excluding carboxylic acids is 1. The monoisotopic (exact) mass is 974 g/mol. The molecule has 0 spiro atoms. The van der Waals surface area contributed by atoms with Crippen molar-refractivity contribution in [2.24, 2.45) is 0 Å². The van der Waals surface area contributed by atoms with Gasteiger partial charge in [0.05, 0.1) is 18.8 Å². The standard InChI is InChI=1S/C63H123NO5/c1-3-5-7-9-11-13-15-17-19-21-23-25-27-29-31-33-34-36-38-40-42-44-46-48-50-52-54-56-60(66)62(68)59(58-65)64-63(69)61(67)57-55-53-51-49-47-45-43-41-39-37-35-32-30-28-26-24-22-20-18-16-14-12-10-8-6-4-2/h40,42,48,50,59-62,65-68H,3-39,41,43-47,49,51-58H2,1-2H3,(H,64,69)/b42-40+,50-48+. The zero-order valence-electron chi connectivity index (χ0n) is 46.6. The minimum Gasteiger partial charge on any atom is -0.394 e. The van der Waals surface area contributed by atoms with E-state index in [1.54, 1.807) is 0 Å². The second-order valence-corrected chi connectivity index (χ2v) is 21.7. The van der Waals surface area contributed by atoms with E-state index in [-0.39, 0.29) is 0 Å². The molecule has 0 saturated carbocycles. The van der Waals surface area contributed by atoms with Gasteiger partial charge in [-0.25, -0.2) is 0 Å². The SMILES string of the molecule is CCCCCCCCCCCCCCCCCCCC/C=C/CC/C=C/CCCC(O)C(O)C(CO)NC(=O)C(O)CCCCCCCCCCCCCCCCCCCCCCCCCCCC. The van der Waals surface area contributed by atoms with Gasteiger partial charge >= 0.3 is 0 Å². The molecule has 0 aromatic rings. The quantitative estimate of drug-likeness (QED) is 0.0308. The second kappa shape index (κ2) is 57.7. The summed E-state index contributed by atoms with van der Waals surface area (Å²) in [4.78, 5) is 12.6. The summed E-state index contributed by atoms with van der Waals surface area (Å²) in [6.45, 7) is 4.09. The Kier molecular flexibility index (Phi) is 56.7. The van der Waals surface area contributed by atoms with Gasteiger partial charge in [0.2, 0.25) is 5.91 Å². The molecule has 0 aromatic carbocycles. The normalized spacial score (nSPS) is 13.8. The van der Waals surface area contributed by atoms with E-state index in [0.29, 0.717) is 19.3 Å². The van der Waals surface area contributed by atoms with Crippen LogP contribution in [-0.2, 0) is 4.79 Å². The average molecular weight is 975 g/mol. The van der Waals surface area contributed by atoms with E-state index in [2.05, 4.69) is 43.5 Å². The predicted molar refractivity (Wildman–Crippen MR) is 302 cm³/mol. The van der Waals surface area contributed by atoms with Crippen LogP contribution in [0, 0.1) is 0 Å². The Labute approximate surface area is 431 Å². The number of amides is 1. The lowest BCUT2D eigenvalue weighted by atomic mass is 10.00. The van der Waals surface area contributed by atoms with Gasteiger partial charge in [-0.15, -0.1) is 0 Å². The number of hydrogen-bond acceptors (Lipinski definition) is 5. The Hall–Kier alpha value is -1.21. The van der Waals surface area contributed by atoms with Crippen LogP contribution in [0.2, 0.25) is 0 Å². The van der Waals surface area contributed by atoms with Crippen molar-refractivity contribution in [3.63, 3.8) is 0 Å². The minimum absolute atomic E-state index is 0.365. The van der Waals surface area contributed by atoms with Crippen LogP contribution in [0.25, 0.3) is 0 Å². The number of nitrogens with one attached hydrogen (secondary N) is 1. The highest BCUT2D eigenvalue weighted by atomic mass is 16.3. The van der Waals surface area contributed by atoms with Crippen molar-refractivity contribution in [3.8, 4) is 0 Å². The van der Waals surface area contributed by atoms with Crippen molar-refractivity contribution in [2.45, 2.75) is 366 Å². The molecule has 0 aliphatic rings. The van der Waals surface area contributed by atoms with Gasteiger partial charge in [0, 0.05) is 0 Å². The molecule has 6 heteroatoms. The van der Waals surface area contributed by atoms with Crippen LogP contribution in [0.5, 0.6) is 0 Å². The van der Waals surface area contributed by atoms with Crippen LogP contribution in [0.15, 0.2) is 24.3 Å². The Morgan fingerprint density at radius 1 is 0.348 bits per heavy atom. The highest BCUT2D eigenvalue weighted by Gasteiger charge is 2.28. The largest absolute Gasteiger partial charge is 0.394 e. The summed E-state index contributed by atoms with van der Waals surface area (Å²) in [6.07, 6.45) is 71.3. The summed E-state index contributed by atoms with van der Waals surface area (Å²) in [6, 6.07) is -1.01. The molecule has 0 aliphatic heterocycles. The summed E-state index contributed by atoms with van der Waals surface area (Å²) >= 11 is 0. The first kappa shape index (κ1) is 67.8. The Balaban J connectivity index is 3.62. The van der Waals surface area contributed by atoms with E-state index in [4.69, 9.17) is 0 Å². The van der Waals surface area contributed by atoms with Gasteiger partial charge in [-0.3, -0.25) is 4.79 Å². The van der Waals surface area contributed by atoms with Crippen LogP contribution in [0.3, 0.4) is 0 Å². The van der Waals surface area contributed by atoms with Gasteiger partial charge in [0.15, 0.2) is 0 Å². The molecule has 410 valence electrons. The highest BCUT2D eigenvalue weighted by Crippen LogP contribution is 2.19. The van der Waals surface area contributed by atoms with Crippen molar-refractivity contribution < 1.29 is 25.2 Å². The van der Waals surface area contributed by atoms with E-state index in [1.807, 2.05) is 0 Å². The van der Waals surface area contributed by atoms with Crippen LogP contribution >= 0.6 is 0 Å². The van der Waals surface area contributed by atoms with E-state index < -0.39 is 36.9 Å². The molecule has 4 atom stereocenters. The summed E-state index contributed by atoms with van der Waals surface area (Å²) in [5.41, 5.74) is 0. The lowest BCUT2D eigenvalue weighted by Gasteiger charge is -2.27. The molecule has 1 amide bonds. The summed E-state index contributed by atoms with van der Waals surface area (Å²) in [7, 11) is 0. The van der Waals surface area contributed by atoms with Crippen LogP contribution in [0.1, 0.15) is 341 Å². The van der Waals surface area contributed by atoms with Crippen molar-refractivity contribution in [3.05, 3.63) is 24.3 Å². The minimum atomic E-state index is -1.29. The zero-order chi connectivity index (χ0) is 50.2. The molecule has 4 unspecified atom stereocenters. The average Bonchev–Trinajstić information content (AvgIpc) is 3.35. The molecule has 0 aliphatic carbocycles. The third-order valence-corrected chi connectivity index (χ3v) is 14.9. The van der Waals surface area contributed by atoms with Crippen molar-refractivity contribution >= 4 is 5.91 Å². The first-order valence-corrected chi connectivity index (χ1v) is 31.2. The zero-order valence-corrected chi connectivity index (χ0v) is 46.6. The molecule has 0 fully saturated rings. The van der Waals surface area contributed by atoms with Crippen LogP contribution in [0.4, 0.5) is 0 Å². The van der Waals surface area contributed by atoms with Gasteiger partial charge in [0.1, 0.15) is 12.2 Å². The third-order valence-electron chi connectivity index (χ3n) is 14.9. The summed E-state index contributed by atoms with van der Waals surface area (Å²) in [5.74, 6) is -0.590. The van der Waals surface area contributed by atoms with Gasteiger partial charge < -0.3 is 25.7 Å². The first-order valence-electron chi connectivity index (χ1n) is 31.2. The molecule has 0 aromatic heterocycles. The molecule has 6 nitrogen and oxygen atoms in total. The number of aliphatic hydroxyl groups excluding tert-OH is 4. The summed E-state index contributed by atoms with van der Waals surface area (Å²) in [5, 5.41) is 44.1. The molecule has 5 N–H and O–H groups in total. The van der Waals surface area contributed by atoms with Crippen LogP contribution < -0.4 is 5.32 Å². The molecule has 0 bridgehead atoms. The third kappa shape index (κ3) is 51.5. The van der Waals surface area contributed by atoms with Gasteiger partial charge in [-0.2, -0.15) is 0 Å². The first-order chi connectivity index (χ1) is 34.0. The Morgan fingerprint density at radius 2 is 0.609 bits per heavy atom. The van der Waals surface area contributed by atoms with E-state index in [1.165, 1.54) is 270 Å². The number of allylic oxidation sites excluding steroid dienone is 4. The topological polar surface area (TPSA) is 110 Å². The van der Waals surface area contributed by atoms with Crippen molar-refractivity contribution in [1.82, 2.24) is 5.32 Å². The maximum atomic E-state index is 12.6. The fourth-order valence-electron chi connectivity index (χ4n) is 10.0. The van der Waals surface area contributed by atoms with Gasteiger partial charge in [0.25, 0.3) is 0 Å². The van der Waals surface area contributed by atoms with Crippen molar-refractivity contribution in [1.29, 1.82) is 0 Å². The maximum absolute atomic E-state index is 12.6. The lowest BCUT2D eigenvalue weighted by Crippen LogP contribution is -2.53.